The van der Waals surface area contributed by atoms with Gasteiger partial charge in [0.1, 0.15) is 0 Å². The van der Waals surface area contributed by atoms with Crippen LogP contribution in [0.4, 0.5) is 5.69 Å². The maximum Gasteiger partial charge on any atom is 0.0641 e. The lowest BCUT2D eigenvalue weighted by Gasteiger charge is -2.25. The minimum Gasteiger partial charge on any atom is -0.250 e. The number of thioether (sulfide) groups is 1. The molecule has 0 N–H and O–H groups in total. The fourth-order valence-corrected chi connectivity index (χ4v) is 1.89. The van der Waals surface area contributed by atoms with Crippen molar-refractivity contribution in [3.8, 4) is 0 Å². The molecule has 1 nitrogen and oxygen atoms in total. The maximum absolute atomic E-state index is 4.51. The van der Waals surface area contributed by atoms with Crippen LogP contribution in [-0.2, 0) is 10.8 Å². The van der Waals surface area contributed by atoms with Gasteiger partial charge in [0.05, 0.1) is 11.2 Å². The molecule has 18 heavy (non-hydrogen) atoms. The predicted molar refractivity (Wildman–Crippen MR) is 85.5 cm³/mol. The van der Waals surface area contributed by atoms with E-state index in [4.69, 9.17) is 0 Å². The van der Waals surface area contributed by atoms with E-state index >= 15 is 0 Å². The number of benzene rings is 1. The van der Waals surface area contributed by atoms with Gasteiger partial charge in [-0.05, 0) is 40.3 Å². The van der Waals surface area contributed by atoms with E-state index in [1.165, 1.54) is 11.1 Å². The summed E-state index contributed by atoms with van der Waals surface area (Å²) in [6, 6.07) is 6.71. The summed E-state index contributed by atoms with van der Waals surface area (Å²) < 4.78 is 0. The highest BCUT2D eigenvalue weighted by Crippen LogP contribution is 2.32. The Morgan fingerprint density at radius 3 is 1.67 bits per heavy atom. The Morgan fingerprint density at radius 2 is 1.33 bits per heavy atom. The van der Waals surface area contributed by atoms with Crippen molar-refractivity contribution in [2.75, 3.05) is 6.26 Å². The van der Waals surface area contributed by atoms with E-state index in [0.29, 0.717) is 0 Å². The summed E-state index contributed by atoms with van der Waals surface area (Å²) in [6.45, 7) is 13.5. The Balaban J connectivity index is 3.34. The summed E-state index contributed by atoms with van der Waals surface area (Å²) >= 11 is 1.63. The largest absolute Gasteiger partial charge is 0.250 e. The fraction of sp³-hybridized carbons (Fsp3) is 0.562. The van der Waals surface area contributed by atoms with Crippen LogP contribution in [0.3, 0.4) is 0 Å². The van der Waals surface area contributed by atoms with E-state index in [1.54, 1.807) is 11.8 Å². The Bertz CT molecular complexity index is 401. The quantitative estimate of drug-likeness (QED) is 0.520. The third kappa shape index (κ3) is 4.16. The van der Waals surface area contributed by atoms with E-state index in [-0.39, 0.29) is 10.8 Å². The maximum atomic E-state index is 4.51. The van der Waals surface area contributed by atoms with Gasteiger partial charge >= 0.3 is 0 Å². The molecule has 0 radical (unpaired) electrons. The second-order valence-corrected chi connectivity index (χ2v) is 7.42. The highest BCUT2D eigenvalue weighted by molar-refractivity contribution is 8.11. The first kappa shape index (κ1) is 15.3. The van der Waals surface area contributed by atoms with Gasteiger partial charge in [0, 0.05) is 0 Å². The van der Waals surface area contributed by atoms with Gasteiger partial charge in [-0.1, -0.05) is 47.6 Å². The molecule has 0 saturated carbocycles. The summed E-state index contributed by atoms with van der Waals surface area (Å²) in [4.78, 5) is 4.51. The molecule has 0 aliphatic heterocycles. The molecular weight excluding hydrogens is 238 g/mol. The van der Waals surface area contributed by atoms with E-state index in [9.17, 15) is 0 Å². The van der Waals surface area contributed by atoms with Gasteiger partial charge in [0.15, 0.2) is 0 Å². The van der Waals surface area contributed by atoms with E-state index < -0.39 is 0 Å². The smallest absolute Gasteiger partial charge is 0.0641 e. The molecule has 0 saturated heterocycles. The zero-order valence-electron chi connectivity index (χ0n) is 12.7. The highest BCUT2D eigenvalue weighted by Gasteiger charge is 2.20. The molecule has 0 aliphatic rings. The van der Waals surface area contributed by atoms with Crippen LogP contribution in [0.2, 0.25) is 0 Å². The first-order chi connectivity index (χ1) is 8.14. The third-order valence-corrected chi connectivity index (χ3v) is 3.27. The lowest BCUT2D eigenvalue weighted by Crippen LogP contribution is -2.16. The molecule has 1 aromatic carbocycles. The van der Waals surface area contributed by atoms with Crippen molar-refractivity contribution in [2.45, 2.75) is 52.4 Å². The van der Waals surface area contributed by atoms with Crippen molar-refractivity contribution in [3.63, 3.8) is 0 Å². The Labute approximate surface area is 116 Å². The van der Waals surface area contributed by atoms with Gasteiger partial charge in [0.2, 0.25) is 0 Å². The summed E-state index contributed by atoms with van der Waals surface area (Å²) in [5, 5.41) is 0. The van der Waals surface area contributed by atoms with Crippen LogP contribution in [0.15, 0.2) is 23.2 Å². The highest BCUT2D eigenvalue weighted by atomic mass is 32.2. The van der Waals surface area contributed by atoms with E-state index in [2.05, 4.69) is 64.7 Å². The van der Waals surface area contributed by atoms with Gasteiger partial charge in [-0.25, -0.2) is 0 Å². The molecule has 0 fully saturated rings. The molecule has 0 aromatic heterocycles. The molecule has 0 heterocycles. The normalized spacial score (nSPS) is 13.3. The van der Waals surface area contributed by atoms with E-state index in [1.807, 2.05) is 11.8 Å². The summed E-state index contributed by atoms with van der Waals surface area (Å²) in [7, 11) is 0. The lowest BCUT2D eigenvalue weighted by atomic mass is 9.80. The monoisotopic (exact) mass is 263 g/mol. The topological polar surface area (TPSA) is 12.4 Å². The minimum absolute atomic E-state index is 0.158. The van der Waals surface area contributed by atoms with Crippen molar-refractivity contribution >= 4 is 23.0 Å². The molecule has 0 aliphatic carbocycles. The van der Waals surface area contributed by atoms with Gasteiger partial charge in [-0.15, -0.1) is 11.8 Å². The van der Waals surface area contributed by atoms with Crippen LogP contribution < -0.4 is 0 Å². The molecule has 0 atom stereocenters. The predicted octanol–water partition coefficient (Wildman–Crippen LogP) is 5.30. The van der Waals surface area contributed by atoms with Crippen molar-refractivity contribution in [1.29, 1.82) is 0 Å². The number of nitrogens with zero attached hydrogens (tertiary/aromatic N) is 1. The van der Waals surface area contributed by atoms with Crippen LogP contribution in [0.5, 0.6) is 0 Å². The number of hydrogen-bond donors (Lipinski definition) is 0. The van der Waals surface area contributed by atoms with Crippen molar-refractivity contribution in [1.82, 2.24) is 0 Å². The Morgan fingerprint density at radius 1 is 0.889 bits per heavy atom. The van der Waals surface area contributed by atoms with E-state index in [0.717, 1.165) is 5.69 Å². The molecule has 0 amide bonds. The Kier molecular flexibility index (Phi) is 4.66. The van der Waals surface area contributed by atoms with Crippen molar-refractivity contribution < 1.29 is 0 Å². The summed E-state index contributed by atoms with van der Waals surface area (Å²) in [5.74, 6) is 0. The van der Waals surface area contributed by atoms with Crippen LogP contribution >= 0.6 is 11.8 Å². The molecule has 0 spiro atoms. The van der Waals surface area contributed by atoms with Crippen molar-refractivity contribution in [3.05, 3.63) is 29.3 Å². The molecular formula is C16H25NS. The van der Waals surface area contributed by atoms with Crippen molar-refractivity contribution in [2.24, 2.45) is 4.99 Å². The summed E-state index contributed by atoms with van der Waals surface area (Å²) in [6.07, 6.45) is 2.03. The van der Waals surface area contributed by atoms with Gasteiger partial charge in [0.25, 0.3) is 0 Å². The second-order valence-electron chi connectivity index (χ2n) is 6.74. The van der Waals surface area contributed by atoms with Gasteiger partial charge < -0.3 is 0 Å². The SMILES string of the molecule is CSC=Nc1cc(C(C)(C)C)cc(C(C)(C)C)c1. The third-order valence-electron chi connectivity index (χ3n) is 2.96. The van der Waals surface area contributed by atoms with Crippen LogP contribution in [0.25, 0.3) is 0 Å². The Hall–Kier alpha value is -0.760. The first-order valence-corrected chi connectivity index (χ1v) is 7.65. The lowest BCUT2D eigenvalue weighted by molar-refractivity contribution is 0.569. The molecule has 2 heteroatoms. The zero-order chi connectivity index (χ0) is 14.0. The average molecular weight is 263 g/mol. The number of aliphatic imine (C=N–C) groups is 1. The zero-order valence-corrected chi connectivity index (χ0v) is 13.5. The molecule has 1 rings (SSSR count). The summed E-state index contributed by atoms with van der Waals surface area (Å²) in [5.41, 5.74) is 5.97. The second kappa shape index (κ2) is 5.48. The van der Waals surface area contributed by atoms with Gasteiger partial charge in [-0.2, -0.15) is 0 Å². The molecule has 100 valence electrons. The van der Waals surface area contributed by atoms with Crippen LogP contribution in [-0.4, -0.2) is 11.8 Å². The molecule has 0 bridgehead atoms. The minimum atomic E-state index is 0.158. The standard InChI is InChI=1S/C16H25NS/c1-15(2,3)12-8-13(16(4,5)6)10-14(9-12)17-11-18-7/h8-11H,1-7H3. The number of rotatable bonds is 2. The number of hydrogen-bond acceptors (Lipinski definition) is 2. The molecule has 1 aromatic rings. The van der Waals surface area contributed by atoms with Crippen LogP contribution in [0, 0.1) is 0 Å². The molecule has 0 unspecified atom stereocenters. The first-order valence-electron chi connectivity index (χ1n) is 6.36. The fourth-order valence-electron chi connectivity index (χ4n) is 1.67. The van der Waals surface area contributed by atoms with Crippen LogP contribution in [0.1, 0.15) is 52.7 Å². The van der Waals surface area contributed by atoms with Gasteiger partial charge in [-0.3, -0.25) is 4.99 Å². The average Bonchev–Trinajstić information content (AvgIpc) is 2.23.